The van der Waals surface area contributed by atoms with Gasteiger partial charge in [-0.3, -0.25) is 9.59 Å². The first kappa shape index (κ1) is 20.1. The first-order chi connectivity index (χ1) is 12.6. The zero-order valence-corrected chi connectivity index (χ0v) is 16.0. The van der Waals surface area contributed by atoms with Crippen LogP contribution in [0.4, 0.5) is 0 Å². The van der Waals surface area contributed by atoms with E-state index < -0.39 is 0 Å². The average molecular weight is 363 g/mol. The third-order valence-corrected chi connectivity index (χ3v) is 4.94. The van der Waals surface area contributed by atoms with E-state index in [0.29, 0.717) is 23.6 Å². The van der Waals surface area contributed by atoms with Crippen molar-refractivity contribution in [3.63, 3.8) is 0 Å². The summed E-state index contributed by atoms with van der Waals surface area (Å²) in [5.74, 6) is 0.720. The van der Waals surface area contributed by atoms with Gasteiger partial charge >= 0.3 is 5.97 Å². The molecule has 0 radical (unpaired) electrons. The van der Waals surface area contributed by atoms with E-state index in [1.54, 1.807) is 32.4 Å². The molecule has 6 nitrogen and oxygen atoms in total. The number of ether oxygens (including phenoxy) is 3. The van der Waals surface area contributed by atoms with Gasteiger partial charge in [-0.2, -0.15) is 0 Å². The average Bonchev–Trinajstić information content (AvgIpc) is 2.96. The third-order valence-electron chi connectivity index (χ3n) is 4.94. The topological polar surface area (TPSA) is 65.1 Å². The van der Waals surface area contributed by atoms with Crippen molar-refractivity contribution in [2.75, 3.05) is 27.9 Å². The zero-order chi connectivity index (χ0) is 18.9. The van der Waals surface area contributed by atoms with E-state index >= 15 is 0 Å². The van der Waals surface area contributed by atoms with Gasteiger partial charge in [0, 0.05) is 18.2 Å². The predicted octanol–water partition coefficient (Wildman–Crippen LogP) is 3.43. The normalized spacial score (nSPS) is 15.0. The Labute approximate surface area is 155 Å². The molecule has 1 aromatic carbocycles. The van der Waals surface area contributed by atoms with E-state index in [9.17, 15) is 9.59 Å². The van der Waals surface area contributed by atoms with Gasteiger partial charge in [0.2, 0.25) is 0 Å². The van der Waals surface area contributed by atoms with Crippen molar-refractivity contribution >= 4 is 11.9 Å². The van der Waals surface area contributed by atoms with E-state index in [1.807, 2.05) is 4.90 Å². The molecular formula is C20H29NO5. The molecule has 26 heavy (non-hydrogen) atoms. The molecule has 0 N–H and O–H groups in total. The van der Waals surface area contributed by atoms with Crippen LogP contribution >= 0.6 is 0 Å². The summed E-state index contributed by atoms with van der Waals surface area (Å²) < 4.78 is 15.3. The molecule has 0 unspecified atom stereocenters. The number of amides is 1. The molecule has 1 aliphatic carbocycles. The first-order valence-electron chi connectivity index (χ1n) is 9.20. The van der Waals surface area contributed by atoms with E-state index in [-0.39, 0.29) is 24.3 Å². The van der Waals surface area contributed by atoms with Crippen molar-refractivity contribution in [1.82, 2.24) is 4.90 Å². The van der Waals surface area contributed by atoms with Gasteiger partial charge in [-0.05, 0) is 31.0 Å². The van der Waals surface area contributed by atoms with Gasteiger partial charge in [0.1, 0.15) is 0 Å². The van der Waals surface area contributed by atoms with E-state index in [0.717, 1.165) is 25.7 Å². The minimum atomic E-state index is -0.302. The number of methoxy groups -OCH3 is 3. The lowest BCUT2D eigenvalue weighted by Crippen LogP contribution is -2.41. The van der Waals surface area contributed by atoms with Gasteiger partial charge in [0.05, 0.1) is 27.8 Å². The monoisotopic (exact) mass is 363 g/mol. The summed E-state index contributed by atoms with van der Waals surface area (Å²) in [6, 6.07) is 5.33. The highest BCUT2D eigenvalue weighted by Crippen LogP contribution is 2.29. The molecule has 0 heterocycles. The number of hydrogen-bond acceptors (Lipinski definition) is 5. The summed E-state index contributed by atoms with van der Waals surface area (Å²) in [4.78, 5) is 26.7. The molecule has 1 aliphatic rings. The van der Waals surface area contributed by atoms with Gasteiger partial charge in [-0.1, -0.05) is 25.7 Å². The smallest absolute Gasteiger partial charge is 0.307 e. The predicted molar refractivity (Wildman–Crippen MR) is 98.7 cm³/mol. The number of rotatable bonds is 7. The van der Waals surface area contributed by atoms with Gasteiger partial charge < -0.3 is 19.1 Å². The summed E-state index contributed by atoms with van der Waals surface area (Å²) in [6.45, 7) is 0.366. The Hall–Kier alpha value is -2.24. The van der Waals surface area contributed by atoms with Crippen LogP contribution < -0.4 is 9.47 Å². The van der Waals surface area contributed by atoms with Crippen molar-refractivity contribution in [1.29, 1.82) is 0 Å². The molecule has 0 aromatic heterocycles. The fraction of sp³-hybridized carbons (Fsp3) is 0.600. The Morgan fingerprint density at radius 2 is 1.65 bits per heavy atom. The number of hydrogen-bond donors (Lipinski definition) is 0. The van der Waals surface area contributed by atoms with Gasteiger partial charge in [-0.15, -0.1) is 0 Å². The quantitative estimate of drug-likeness (QED) is 0.548. The van der Waals surface area contributed by atoms with Crippen LogP contribution in [0.5, 0.6) is 11.5 Å². The molecular weight excluding hydrogens is 334 g/mol. The second-order valence-corrected chi connectivity index (χ2v) is 6.54. The Kier molecular flexibility index (Phi) is 7.75. The number of benzene rings is 1. The summed E-state index contributed by atoms with van der Waals surface area (Å²) in [7, 11) is 4.48. The second-order valence-electron chi connectivity index (χ2n) is 6.54. The molecule has 1 amide bonds. The number of carbonyl (C=O) groups excluding carboxylic acids is 2. The molecule has 0 atom stereocenters. The standard InChI is InChI=1S/C20H29NO5/c1-24-17-11-10-15(14-18(17)25-2)20(23)21(13-12-19(22)26-3)16-8-6-4-5-7-9-16/h10-11,14,16H,4-9,12-13H2,1-3H3. The summed E-state index contributed by atoms with van der Waals surface area (Å²) in [6.07, 6.45) is 6.77. The van der Waals surface area contributed by atoms with Crippen molar-refractivity contribution < 1.29 is 23.8 Å². The lowest BCUT2D eigenvalue weighted by atomic mass is 10.0. The highest BCUT2D eigenvalue weighted by Gasteiger charge is 2.26. The molecule has 1 fully saturated rings. The Balaban J connectivity index is 2.24. The van der Waals surface area contributed by atoms with Crippen LogP contribution in [0.1, 0.15) is 55.3 Å². The fourth-order valence-electron chi connectivity index (χ4n) is 3.47. The number of esters is 1. The van der Waals surface area contributed by atoms with E-state index in [1.165, 1.54) is 20.0 Å². The molecule has 144 valence electrons. The summed E-state index contributed by atoms with van der Waals surface area (Å²) in [5.41, 5.74) is 0.539. The Morgan fingerprint density at radius 1 is 1.00 bits per heavy atom. The Bertz CT molecular complexity index is 608. The van der Waals surface area contributed by atoms with Crippen LogP contribution in [0.25, 0.3) is 0 Å². The number of carbonyl (C=O) groups is 2. The van der Waals surface area contributed by atoms with Crippen molar-refractivity contribution in [3.05, 3.63) is 23.8 Å². The maximum absolute atomic E-state index is 13.2. The maximum atomic E-state index is 13.2. The van der Waals surface area contributed by atoms with Gasteiger partial charge in [-0.25, -0.2) is 0 Å². The minimum Gasteiger partial charge on any atom is -0.493 e. The largest absolute Gasteiger partial charge is 0.493 e. The molecule has 0 bridgehead atoms. The molecule has 2 rings (SSSR count). The first-order valence-corrected chi connectivity index (χ1v) is 9.20. The van der Waals surface area contributed by atoms with Crippen molar-refractivity contribution in [2.45, 2.75) is 51.0 Å². The van der Waals surface area contributed by atoms with Crippen LogP contribution in [0.2, 0.25) is 0 Å². The molecule has 0 saturated heterocycles. The maximum Gasteiger partial charge on any atom is 0.307 e. The molecule has 0 aliphatic heterocycles. The highest BCUT2D eigenvalue weighted by molar-refractivity contribution is 5.95. The zero-order valence-electron chi connectivity index (χ0n) is 16.0. The third kappa shape index (κ3) is 5.13. The highest BCUT2D eigenvalue weighted by atomic mass is 16.5. The lowest BCUT2D eigenvalue weighted by Gasteiger charge is -2.31. The second kappa shape index (κ2) is 10.0. The Morgan fingerprint density at radius 3 is 2.23 bits per heavy atom. The number of nitrogens with zero attached hydrogens (tertiary/aromatic N) is 1. The molecule has 6 heteroatoms. The molecule has 0 spiro atoms. The van der Waals surface area contributed by atoms with Crippen LogP contribution in [-0.2, 0) is 9.53 Å². The van der Waals surface area contributed by atoms with Crippen LogP contribution in [-0.4, -0.2) is 50.7 Å². The van der Waals surface area contributed by atoms with Crippen LogP contribution in [0.3, 0.4) is 0 Å². The van der Waals surface area contributed by atoms with E-state index in [4.69, 9.17) is 14.2 Å². The summed E-state index contributed by atoms with van der Waals surface area (Å²) in [5, 5.41) is 0. The minimum absolute atomic E-state index is 0.0817. The van der Waals surface area contributed by atoms with Gasteiger partial charge in [0.25, 0.3) is 5.91 Å². The lowest BCUT2D eigenvalue weighted by molar-refractivity contribution is -0.140. The molecule has 1 saturated carbocycles. The molecule has 1 aromatic rings. The SMILES string of the molecule is COC(=O)CCN(C(=O)c1ccc(OC)c(OC)c1)C1CCCCCC1. The van der Waals surface area contributed by atoms with Crippen LogP contribution in [0.15, 0.2) is 18.2 Å². The van der Waals surface area contributed by atoms with Gasteiger partial charge in [0.15, 0.2) is 11.5 Å². The van der Waals surface area contributed by atoms with Crippen molar-refractivity contribution in [3.8, 4) is 11.5 Å². The van der Waals surface area contributed by atoms with Crippen LogP contribution in [0, 0.1) is 0 Å². The van der Waals surface area contributed by atoms with Crippen molar-refractivity contribution in [2.24, 2.45) is 0 Å². The van der Waals surface area contributed by atoms with E-state index in [2.05, 4.69) is 0 Å². The fourth-order valence-corrected chi connectivity index (χ4v) is 3.47. The summed E-state index contributed by atoms with van der Waals surface area (Å²) >= 11 is 0.